The van der Waals surface area contributed by atoms with Crippen LogP contribution in [0.25, 0.3) is 5.69 Å². The second kappa shape index (κ2) is 9.20. The number of carbonyl (C=O) groups is 2. The lowest BCUT2D eigenvalue weighted by Crippen LogP contribution is -2.17. The zero-order valence-corrected chi connectivity index (χ0v) is 15.7. The molecule has 26 heavy (non-hydrogen) atoms. The molecule has 6 heteroatoms. The monoisotopic (exact) mass is 357 g/mol. The van der Waals surface area contributed by atoms with Gasteiger partial charge < -0.3 is 25.1 Å². The minimum absolute atomic E-state index is 0.452. The summed E-state index contributed by atoms with van der Waals surface area (Å²) < 4.78 is 7.19. The van der Waals surface area contributed by atoms with Gasteiger partial charge in [0.25, 0.3) is 5.91 Å². The van der Waals surface area contributed by atoms with E-state index < -0.39 is 5.91 Å². The van der Waals surface area contributed by atoms with Crippen molar-refractivity contribution in [2.24, 2.45) is 5.73 Å². The maximum Gasteiger partial charge on any atom is 0.250 e. The van der Waals surface area contributed by atoms with E-state index in [1.54, 1.807) is 13.2 Å². The number of hydrogen-bond acceptors (Lipinski definition) is 4. The number of ether oxygens (including phenoxy) is 1. The molecule has 1 amide bonds. The van der Waals surface area contributed by atoms with Gasteiger partial charge in [0, 0.05) is 43.3 Å². The van der Waals surface area contributed by atoms with Gasteiger partial charge in [0.05, 0.1) is 12.2 Å². The van der Waals surface area contributed by atoms with Crippen molar-refractivity contribution in [3.8, 4) is 5.69 Å². The molecule has 0 aliphatic heterocycles. The van der Waals surface area contributed by atoms with Gasteiger partial charge in [-0.15, -0.1) is 0 Å². The summed E-state index contributed by atoms with van der Waals surface area (Å²) >= 11 is 0. The smallest absolute Gasteiger partial charge is 0.250 e. The first-order valence-corrected chi connectivity index (χ1v) is 8.77. The number of nitrogens with one attached hydrogen (secondary N) is 1. The van der Waals surface area contributed by atoms with Gasteiger partial charge in [0.15, 0.2) is 0 Å². The number of aldehydes is 1. The predicted octanol–water partition coefficient (Wildman–Crippen LogP) is 2.77. The van der Waals surface area contributed by atoms with Crippen LogP contribution >= 0.6 is 0 Å². The molecule has 0 radical (unpaired) electrons. The predicted molar refractivity (Wildman–Crippen MR) is 103 cm³/mol. The van der Waals surface area contributed by atoms with E-state index in [-0.39, 0.29) is 0 Å². The van der Waals surface area contributed by atoms with Crippen LogP contribution in [0.4, 0.5) is 5.69 Å². The summed E-state index contributed by atoms with van der Waals surface area (Å²) in [7, 11) is 1.63. The van der Waals surface area contributed by atoms with Crippen LogP contribution in [0.2, 0.25) is 0 Å². The molecule has 0 fully saturated rings. The Morgan fingerprint density at radius 3 is 2.77 bits per heavy atom. The van der Waals surface area contributed by atoms with E-state index in [1.165, 1.54) is 16.8 Å². The second-order valence-corrected chi connectivity index (χ2v) is 6.33. The van der Waals surface area contributed by atoms with Gasteiger partial charge in [-0.25, -0.2) is 0 Å². The Hall–Kier alpha value is -2.60. The first kappa shape index (κ1) is 19.7. The molecule has 0 bridgehead atoms. The standard InChI is InChI=1S/C20H27N3O3/c1-14-13-23(19(15(14)2)6-4-5-10-24)16-7-8-17(20(21)25)18(12-16)22-9-11-26-3/h7-8,10,12-13,22H,4-6,9,11H2,1-3H3,(H2,21,25). The van der Waals surface area contributed by atoms with Gasteiger partial charge in [-0.2, -0.15) is 0 Å². The number of primary amides is 1. The molecule has 3 N–H and O–H groups in total. The van der Waals surface area contributed by atoms with Crippen LogP contribution in [-0.2, 0) is 16.0 Å². The lowest BCUT2D eigenvalue weighted by molar-refractivity contribution is -0.107. The fourth-order valence-corrected chi connectivity index (χ4v) is 3.00. The van der Waals surface area contributed by atoms with E-state index in [0.717, 1.165) is 24.8 Å². The Labute approximate surface area is 154 Å². The number of nitrogens with zero attached hydrogens (tertiary/aromatic N) is 1. The molecule has 140 valence electrons. The summed E-state index contributed by atoms with van der Waals surface area (Å²) in [4.78, 5) is 22.4. The van der Waals surface area contributed by atoms with Crippen LogP contribution in [0.1, 0.15) is 40.0 Å². The molecular formula is C20H27N3O3. The van der Waals surface area contributed by atoms with Crippen LogP contribution in [-0.4, -0.2) is 37.0 Å². The van der Waals surface area contributed by atoms with E-state index in [9.17, 15) is 9.59 Å². The van der Waals surface area contributed by atoms with Gasteiger partial charge >= 0.3 is 0 Å². The lowest BCUT2D eigenvalue weighted by atomic mass is 10.1. The first-order chi connectivity index (χ1) is 12.5. The van der Waals surface area contributed by atoms with E-state index >= 15 is 0 Å². The molecular weight excluding hydrogens is 330 g/mol. The fourth-order valence-electron chi connectivity index (χ4n) is 3.00. The van der Waals surface area contributed by atoms with Gasteiger partial charge in [-0.1, -0.05) is 0 Å². The number of benzene rings is 1. The molecule has 0 aliphatic rings. The van der Waals surface area contributed by atoms with Crippen LogP contribution in [0.3, 0.4) is 0 Å². The van der Waals surface area contributed by atoms with E-state index in [0.29, 0.717) is 30.8 Å². The number of aromatic nitrogens is 1. The highest BCUT2D eigenvalue weighted by Crippen LogP contribution is 2.26. The molecule has 2 rings (SSSR count). The molecule has 1 aromatic heterocycles. The molecule has 1 aromatic carbocycles. The minimum Gasteiger partial charge on any atom is -0.383 e. The summed E-state index contributed by atoms with van der Waals surface area (Å²) in [5.74, 6) is -0.470. The molecule has 0 unspecified atom stereocenters. The van der Waals surface area contributed by atoms with Crippen LogP contribution in [0, 0.1) is 13.8 Å². The van der Waals surface area contributed by atoms with Crippen molar-refractivity contribution in [1.82, 2.24) is 4.57 Å². The molecule has 6 nitrogen and oxygen atoms in total. The number of anilines is 1. The molecule has 0 spiro atoms. The van der Waals surface area contributed by atoms with E-state index in [2.05, 4.69) is 29.9 Å². The highest BCUT2D eigenvalue weighted by molar-refractivity contribution is 5.98. The Morgan fingerprint density at radius 2 is 2.12 bits per heavy atom. The molecule has 0 atom stereocenters. The van der Waals surface area contributed by atoms with Gasteiger partial charge in [0.2, 0.25) is 0 Å². The number of methoxy groups -OCH3 is 1. The summed E-state index contributed by atoms with van der Waals surface area (Å²) in [6.07, 6.45) is 5.22. The normalized spacial score (nSPS) is 10.7. The Kier molecular flexibility index (Phi) is 6.97. The fraction of sp³-hybridized carbons (Fsp3) is 0.400. The maximum atomic E-state index is 11.7. The Bertz CT molecular complexity index is 781. The zero-order chi connectivity index (χ0) is 19.1. The number of amides is 1. The van der Waals surface area contributed by atoms with E-state index in [1.807, 2.05) is 12.1 Å². The molecule has 2 aromatic rings. The molecule has 0 saturated heterocycles. The third-order valence-electron chi connectivity index (χ3n) is 4.54. The highest BCUT2D eigenvalue weighted by atomic mass is 16.5. The highest BCUT2D eigenvalue weighted by Gasteiger charge is 2.14. The number of unbranched alkanes of at least 4 members (excludes halogenated alkanes) is 1. The summed E-state index contributed by atoms with van der Waals surface area (Å²) in [6, 6.07) is 5.56. The quantitative estimate of drug-likeness (QED) is 0.506. The number of rotatable bonds is 10. The van der Waals surface area contributed by atoms with E-state index in [4.69, 9.17) is 10.5 Å². The molecule has 0 saturated carbocycles. The van der Waals surface area contributed by atoms with Crippen molar-refractivity contribution in [3.05, 3.63) is 46.8 Å². The summed E-state index contributed by atoms with van der Waals surface area (Å²) in [6.45, 7) is 5.28. The first-order valence-electron chi connectivity index (χ1n) is 8.77. The average molecular weight is 357 g/mol. The number of carbonyl (C=O) groups excluding carboxylic acids is 2. The second-order valence-electron chi connectivity index (χ2n) is 6.33. The van der Waals surface area contributed by atoms with Gasteiger partial charge in [0.1, 0.15) is 6.29 Å². The van der Waals surface area contributed by atoms with Crippen molar-refractivity contribution in [3.63, 3.8) is 0 Å². The van der Waals surface area contributed by atoms with Gasteiger partial charge in [-0.05, 0) is 56.0 Å². The zero-order valence-electron chi connectivity index (χ0n) is 15.7. The third kappa shape index (κ3) is 4.52. The maximum absolute atomic E-state index is 11.7. The van der Waals surface area contributed by atoms with Crippen molar-refractivity contribution in [1.29, 1.82) is 0 Å². The number of nitrogens with two attached hydrogens (primary N) is 1. The Balaban J connectivity index is 2.41. The Morgan fingerprint density at radius 1 is 1.35 bits per heavy atom. The summed E-state index contributed by atoms with van der Waals surface area (Å²) in [5.41, 5.74) is 11.2. The van der Waals surface area contributed by atoms with Crippen molar-refractivity contribution < 1.29 is 14.3 Å². The summed E-state index contributed by atoms with van der Waals surface area (Å²) in [5, 5.41) is 3.21. The molecule has 1 heterocycles. The SMILES string of the molecule is COCCNc1cc(-n2cc(C)c(C)c2CCCC=O)ccc1C(N)=O. The number of hydrogen-bond donors (Lipinski definition) is 2. The van der Waals surface area contributed by atoms with Crippen molar-refractivity contribution in [2.75, 3.05) is 25.6 Å². The largest absolute Gasteiger partial charge is 0.383 e. The molecule has 0 aliphatic carbocycles. The minimum atomic E-state index is -0.470. The van der Waals surface area contributed by atoms with Crippen molar-refractivity contribution in [2.45, 2.75) is 33.1 Å². The van der Waals surface area contributed by atoms with Crippen molar-refractivity contribution >= 4 is 17.9 Å². The average Bonchev–Trinajstić information content (AvgIpc) is 2.90. The number of aryl methyl sites for hydroxylation is 1. The van der Waals surface area contributed by atoms with Crippen LogP contribution in [0.15, 0.2) is 24.4 Å². The van der Waals surface area contributed by atoms with Crippen LogP contribution in [0.5, 0.6) is 0 Å². The third-order valence-corrected chi connectivity index (χ3v) is 4.54. The topological polar surface area (TPSA) is 86.3 Å². The lowest BCUT2D eigenvalue weighted by Gasteiger charge is -2.15. The van der Waals surface area contributed by atoms with Gasteiger partial charge in [-0.3, -0.25) is 4.79 Å². The van der Waals surface area contributed by atoms with Crippen LogP contribution < -0.4 is 11.1 Å².